The Morgan fingerprint density at radius 3 is 2.26 bits per heavy atom. The zero-order valence-electron chi connectivity index (χ0n) is 18.2. The fourth-order valence-electron chi connectivity index (χ4n) is 3.51. The number of aliphatic imine (C=N–C) groups is 1. The minimum atomic E-state index is 0. The molecule has 0 saturated carbocycles. The number of rotatable bonds is 10. The number of hydrogen-bond donors (Lipinski definition) is 2. The van der Waals surface area contributed by atoms with Crippen molar-refractivity contribution in [2.45, 2.75) is 85.6 Å². The molecule has 1 saturated heterocycles. The SMILES string of the molecule is CCNC(=NCCCCC(C)C)NC1CCN(C(=O)C(CC)CC)CC1.I. The average molecular weight is 495 g/mol. The molecule has 0 spiro atoms. The summed E-state index contributed by atoms with van der Waals surface area (Å²) in [5.74, 6) is 2.25. The molecule has 1 fully saturated rings. The van der Waals surface area contributed by atoms with Crippen molar-refractivity contribution >= 4 is 35.8 Å². The van der Waals surface area contributed by atoms with E-state index >= 15 is 0 Å². The molecule has 1 heterocycles. The molecule has 5 nitrogen and oxygen atoms in total. The van der Waals surface area contributed by atoms with Crippen LogP contribution in [-0.4, -0.2) is 49.0 Å². The first-order valence-electron chi connectivity index (χ1n) is 10.8. The zero-order valence-corrected chi connectivity index (χ0v) is 20.6. The van der Waals surface area contributed by atoms with Crippen molar-refractivity contribution < 1.29 is 4.79 Å². The largest absolute Gasteiger partial charge is 0.357 e. The normalized spacial score (nSPS) is 15.8. The lowest BCUT2D eigenvalue weighted by Gasteiger charge is -2.34. The quantitative estimate of drug-likeness (QED) is 0.205. The fourth-order valence-corrected chi connectivity index (χ4v) is 3.51. The summed E-state index contributed by atoms with van der Waals surface area (Å²) in [7, 11) is 0. The second kappa shape index (κ2) is 15.4. The molecule has 0 radical (unpaired) electrons. The van der Waals surface area contributed by atoms with E-state index in [-0.39, 0.29) is 29.9 Å². The van der Waals surface area contributed by atoms with E-state index in [0.717, 1.165) is 70.2 Å². The number of carbonyl (C=O) groups is 1. The molecule has 2 N–H and O–H groups in total. The molecule has 0 aliphatic carbocycles. The van der Waals surface area contributed by atoms with Crippen molar-refractivity contribution in [2.75, 3.05) is 26.2 Å². The van der Waals surface area contributed by atoms with Crippen molar-refractivity contribution in [3.8, 4) is 0 Å². The highest BCUT2D eigenvalue weighted by molar-refractivity contribution is 14.0. The van der Waals surface area contributed by atoms with Crippen LogP contribution < -0.4 is 10.6 Å². The topological polar surface area (TPSA) is 56.7 Å². The van der Waals surface area contributed by atoms with Gasteiger partial charge < -0.3 is 15.5 Å². The van der Waals surface area contributed by atoms with Gasteiger partial charge in [0.15, 0.2) is 5.96 Å². The van der Waals surface area contributed by atoms with Gasteiger partial charge in [0.1, 0.15) is 0 Å². The molecule has 6 heteroatoms. The smallest absolute Gasteiger partial charge is 0.225 e. The van der Waals surface area contributed by atoms with E-state index in [4.69, 9.17) is 4.99 Å². The van der Waals surface area contributed by atoms with Crippen molar-refractivity contribution in [2.24, 2.45) is 16.8 Å². The molecule has 0 aromatic carbocycles. The van der Waals surface area contributed by atoms with E-state index in [1.165, 1.54) is 12.8 Å². The second-order valence-corrected chi connectivity index (χ2v) is 7.91. The lowest BCUT2D eigenvalue weighted by molar-refractivity contribution is -0.136. The molecule has 0 aromatic rings. The highest BCUT2D eigenvalue weighted by Gasteiger charge is 2.26. The molecule has 1 aliphatic rings. The Morgan fingerprint density at radius 2 is 1.74 bits per heavy atom. The first-order valence-corrected chi connectivity index (χ1v) is 10.8. The van der Waals surface area contributed by atoms with Crippen LogP contribution in [0.25, 0.3) is 0 Å². The molecule has 1 rings (SSSR count). The molecular formula is C21H43IN4O. The van der Waals surface area contributed by atoms with Gasteiger partial charge in [0.2, 0.25) is 5.91 Å². The Bertz CT molecular complexity index is 416. The summed E-state index contributed by atoms with van der Waals surface area (Å²) in [4.78, 5) is 19.3. The van der Waals surface area contributed by atoms with Gasteiger partial charge in [0, 0.05) is 38.1 Å². The number of unbranched alkanes of at least 4 members (excludes halogenated alkanes) is 1. The third-order valence-electron chi connectivity index (χ3n) is 5.29. The molecule has 27 heavy (non-hydrogen) atoms. The van der Waals surface area contributed by atoms with Crippen LogP contribution in [0.15, 0.2) is 4.99 Å². The lowest BCUT2D eigenvalue weighted by Crippen LogP contribution is -2.50. The Balaban J connectivity index is 0.00000676. The number of amides is 1. The fraction of sp³-hybridized carbons (Fsp3) is 0.905. The van der Waals surface area contributed by atoms with Crippen molar-refractivity contribution in [3.63, 3.8) is 0 Å². The zero-order chi connectivity index (χ0) is 19.4. The van der Waals surface area contributed by atoms with E-state index in [0.29, 0.717) is 11.9 Å². The highest BCUT2D eigenvalue weighted by atomic mass is 127. The number of piperidine rings is 1. The Hall–Kier alpha value is -0.530. The Kier molecular flexibility index (Phi) is 15.1. The number of nitrogens with one attached hydrogen (secondary N) is 2. The summed E-state index contributed by atoms with van der Waals surface area (Å²) in [5.41, 5.74) is 0. The third kappa shape index (κ3) is 10.5. The highest BCUT2D eigenvalue weighted by Crippen LogP contribution is 2.17. The van der Waals surface area contributed by atoms with Crippen molar-refractivity contribution in [3.05, 3.63) is 0 Å². The predicted molar refractivity (Wildman–Crippen MR) is 127 cm³/mol. The van der Waals surface area contributed by atoms with Gasteiger partial charge in [0.25, 0.3) is 0 Å². The van der Waals surface area contributed by atoms with Gasteiger partial charge in [-0.05, 0) is 44.9 Å². The maximum absolute atomic E-state index is 12.5. The van der Waals surface area contributed by atoms with E-state index in [9.17, 15) is 4.79 Å². The van der Waals surface area contributed by atoms with Crippen LogP contribution in [0.1, 0.15) is 79.6 Å². The van der Waals surface area contributed by atoms with Gasteiger partial charge in [-0.25, -0.2) is 0 Å². The van der Waals surface area contributed by atoms with Crippen LogP contribution in [0.4, 0.5) is 0 Å². The maximum Gasteiger partial charge on any atom is 0.225 e. The third-order valence-corrected chi connectivity index (χ3v) is 5.29. The molecule has 0 unspecified atom stereocenters. The molecule has 1 amide bonds. The number of hydrogen-bond acceptors (Lipinski definition) is 2. The standard InChI is InChI=1S/C21H42N4O.HI/c1-6-18(7-2)20(26)25-15-12-19(13-16-25)24-21(22-8-3)23-14-10-9-11-17(4)5;/h17-19H,6-16H2,1-5H3,(H2,22,23,24);1H. The summed E-state index contributed by atoms with van der Waals surface area (Å²) in [5, 5.41) is 6.93. The van der Waals surface area contributed by atoms with E-state index in [2.05, 4.69) is 50.2 Å². The number of carbonyl (C=O) groups excluding carboxylic acids is 1. The van der Waals surface area contributed by atoms with Gasteiger partial charge in [0.05, 0.1) is 0 Å². The van der Waals surface area contributed by atoms with Crippen LogP contribution in [0, 0.1) is 11.8 Å². The van der Waals surface area contributed by atoms with Gasteiger partial charge in [-0.15, -0.1) is 24.0 Å². The van der Waals surface area contributed by atoms with Crippen LogP contribution in [-0.2, 0) is 4.79 Å². The molecule has 0 bridgehead atoms. The minimum Gasteiger partial charge on any atom is -0.357 e. The Morgan fingerprint density at radius 1 is 1.11 bits per heavy atom. The van der Waals surface area contributed by atoms with E-state index < -0.39 is 0 Å². The predicted octanol–water partition coefficient (Wildman–Crippen LogP) is 4.41. The van der Waals surface area contributed by atoms with Crippen molar-refractivity contribution in [1.29, 1.82) is 0 Å². The molecule has 0 atom stereocenters. The molecule has 160 valence electrons. The minimum absolute atomic E-state index is 0. The van der Waals surface area contributed by atoms with Crippen LogP contribution in [0.3, 0.4) is 0 Å². The number of likely N-dealkylation sites (tertiary alicyclic amines) is 1. The number of halogens is 1. The summed E-state index contributed by atoms with van der Waals surface area (Å²) in [6, 6.07) is 0.411. The van der Waals surface area contributed by atoms with Gasteiger partial charge in [-0.2, -0.15) is 0 Å². The average Bonchev–Trinajstić information content (AvgIpc) is 2.62. The molecule has 0 aromatic heterocycles. The van der Waals surface area contributed by atoms with Gasteiger partial charge >= 0.3 is 0 Å². The lowest BCUT2D eigenvalue weighted by atomic mass is 9.98. The van der Waals surface area contributed by atoms with Crippen LogP contribution in [0.5, 0.6) is 0 Å². The summed E-state index contributed by atoms with van der Waals surface area (Å²) in [6.45, 7) is 14.4. The summed E-state index contributed by atoms with van der Waals surface area (Å²) in [6.07, 6.45) is 7.58. The first kappa shape index (κ1) is 26.5. The van der Waals surface area contributed by atoms with E-state index in [1.54, 1.807) is 0 Å². The van der Waals surface area contributed by atoms with Crippen LogP contribution in [0.2, 0.25) is 0 Å². The number of nitrogens with zero attached hydrogens (tertiary/aromatic N) is 2. The Labute approximate surface area is 184 Å². The van der Waals surface area contributed by atoms with E-state index in [1.807, 2.05) is 0 Å². The summed E-state index contributed by atoms with van der Waals surface area (Å²) >= 11 is 0. The first-order chi connectivity index (χ1) is 12.5. The second-order valence-electron chi connectivity index (χ2n) is 7.91. The maximum atomic E-state index is 12.5. The number of guanidine groups is 1. The molecule has 1 aliphatic heterocycles. The van der Waals surface area contributed by atoms with Gasteiger partial charge in [-0.1, -0.05) is 40.5 Å². The van der Waals surface area contributed by atoms with Gasteiger partial charge in [-0.3, -0.25) is 9.79 Å². The van der Waals surface area contributed by atoms with Crippen LogP contribution >= 0.6 is 24.0 Å². The molecular weight excluding hydrogens is 451 g/mol. The van der Waals surface area contributed by atoms with Crippen molar-refractivity contribution in [1.82, 2.24) is 15.5 Å². The summed E-state index contributed by atoms with van der Waals surface area (Å²) < 4.78 is 0. The monoisotopic (exact) mass is 494 g/mol.